The molecule has 23 heavy (non-hydrogen) atoms. The molecular formula is C21H32O2. The zero-order chi connectivity index (χ0) is 16.4. The summed E-state index contributed by atoms with van der Waals surface area (Å²) in [6.07, 6.45) is 11.5. The fourth-order valence-electron chi connectivity index (χ4n) is 7.31. The molecule has 0 aliphatic heterocycles. The van der Waals surface area contributed by atoms with Crippen molar-refractivity contribution in [2.45, 2.75) is 78.2 Å². The monoisotopic (exact) mass is 316 g/mol. The molecule has 0 aromatic carbocycles. The maximum atomic E-state index is 12.2. The fourth-order valence-corrected chi connectivity index (χ4v) is 7.31. The quantitative estimate of drug-likeness (QED) is 0.722. The van der Waals surface area contributed by atoms with Crippen molar-refractivity contribution in [1.82, 2.24) is 0 Å². The Hall–Kier alpha value is -0.630. The Morgan fingerprint density at radius 1 is 1.13 bits per heavy atom. The van der Waals surface area contributed by atoms with E-state index >= 15 is 0 Å². The number of rotatable bonds is 1. The largest absolute Gasteiger partial charge is 0.393 e. The molecule has 2 heteroatoms. The highest BCUT2D eigenvalue weighted by atomic mass is 16.3. The molecule has 128 valence electrons. The van der Waals surface area contributed by atoms with E-state index < -0.39 is 0 Å². The van der Waals surface area contributed by atoms with Crippen molar-refractivity contribution in [3.05, 3.63) is 11.6 Å². The number of carbonyl (C=O) groups is 1. The van der Waals surface area contributed by atoms with Gasteiger partial charge in [0.25, 0.3) is 0 Å². The molecule has 2 nitrogen and oxygen atoms in total. The summed E-state index contributed by atoms with van der Waals surface area (Å²) in [5.74, 6) is 3.00. The van der Waals surface area contributed by atoms with Crippen molar-refractivity contribution >= 4 is 5.78 Å². The molecular weight excluding hydrogens is 284 g/mol. The van der Waals surface area contributed by atoms with Crippen LogP contribution in [0.1, 0.15) is 72.1 Å². The second-order valence-corrected chi connectivity index (χ2v) is 9.44. The van der Waals surface area contributed by atoms with Crippen LogP contribution in [0.2, 0.25) is 0 Å². The Labute approximate surface area is 140 Å². The highest BCUT2D eigenvalue weighted by Crippen LogP contribution is 2.66. The lowest BCUT2D eigenvalue weighted by Crippen LogP contribution is -2.50. The lowest BCUT2D eigenvalue weighted by Gasteiger charge is -2.57. The molecule has 3 fully saturated rings. The van der Waals surface area contributed by atoms with E-state index in [4.69, 9.17) is 0 Å². The lowest BCUT2D eigenvalue weighted by atomic mass is 9.47. The standard InChI is InChI=1S/C21H32O2/c1-13(22)17-6-7-18-16-5-4-14-12-15(23)8-10-20(14,2)19(16)9-11-21(17,18)3/h4,15-19,23H,5-12H2,1-3H3/t15?,16?,17?,18?,19?,20-,21?/m0/s1. The van der Waals surface area contributed by atoms with Crippen LogP contribution in [0.5, 0.6) is 0 Å². The SMILES string of the molecule is CC(=O)C1CCC2C3CC=C4CC(O)CC[C@]4(C)C3CCC12C. The Balaban J connectivity index is 1.66. The zero-order valence-electron chi connectivity index (χ0n) is 15.0. The number of Topliss-reactive ketones (excluding diaryl/α,β-unsaturated/α-hetero) is 1. The Kier molecular flexibility index (Phi) is 3.58. The van der Waals surface area contributed by atoms with Crippen LogP contribution in [0, 0.1) is 34.5 Å². The van der Waals surface area contributed by atoms with E-state index in [1.807, 2.05) is 6.92 Å². The molecule has 0 radical (unpaired) electrons. The summed E-state index contributed by atoms with van der Waals surface area (Å²) in [6, 6.07) is 0. The topological polar surface area (TPSA) is 37.3 Å². The first kappa shape index (κ1) is 15.9. The lowest BCUT2D eigenvalue weighted by molar-refractivity contribution is -0.127. The summed E-state index contributed by atoms with van der Waals surface area (Å²) in [6.45, 7) is 6.70. The highest BCUT2D eigenvalue weighted by Gasteiger charge is 2.59. The predicted molar refractivity (Wildman–Crippen MR) is 91.9 cm³/mol. The van der Waals surface area contributed by atoms with Gasteiger partial charge in [-0.25, -0.2) is 0 Å². The zero-order valence-corrected chi connectivity index (χ0v) is 15.0. The van der Waals surface area contributed by atoms with Crippen LogP contribution < -0.4 is 0 Å². The average molecular weight is 316 g/mol. The fraction of sp³-hybridized carbons (Fsp3) is 0.857. The normalized spacial score (nSPS) is 52.2. The summed E-state index contributed by atoms with van der Waals surface area (Å²) < 4.78 is 0. The van der Waals surface area contributed by atoms with Gasteiger partial charge in [0, 0.05) is 5.92 Å². The molecule has 0 bridgehead atoms. The number of allylic oxidation sites excluding steroid dienone is 1. The number of hydrogen-bond acceptors (Lipinski definition) is 2. The van der Waals surface area contributed by atoms with E-state index in [2.05, 4.69) is 19.9 Å². The van der Waals surface area contributed by atoms with Gasteiger partial charge in [-0.05, 0) is 86.9 Å². The van der Waals surface area contributed by atoms with Crippen LogP contribution in [0.3, 0.4) is 0 Å². The van der Waals surface area contributed by atoms with Crippen molar-refractivity contribution < 1.29 is 9.90 Å². The highest BCUT2D eigenvalue weighted by molar-refractivity contribution is 5.79. The number of aliphatic hydroxyl groups is 1. The van der Waals surface area contributed by atoms with Crippen molar-refractivity contribution in [1.29, 1.82) is 0 Å². The number of hydrogen-bond donors (Lipinski definition) is 1. The third-order valence-electron chi connectivity index (χ3n) is 8.57. The number of ketones is 1. The van der Waals surface area contributed by atoms with Gasteiger partial charge in [-0.15, -0.1) is 0 Å². The third kappa shape index (κ3) is 2.13. The summed E-state index contributed by atoms with van der Waals surface area (Å²) in [5.41, 5.74) is 2.11. The van der Waals surface area contributed by atoms with Crippen LogP contribution in [0.4, 0.5) is 0 Å². The van der Waals surface area contributed by atoms with Crippen molar-refractivity contribution in [3.8, 4) is 0 Å². The molecule has 1 N–H and O–H groups in total. The van der Waals surface area contributed by atoms with Crippen molar-refractivity contribution in [2.75, 3.05) is 0 Å². The molecule has 6 unspecified atom stereocenters. The summed E-state index contributed by atoms with van der Waals surface area (Å²) in [4.78, 5) is 12.2. The Bertz CT molecular complexity index is 550. The average Bonchev–Trinajstić information content (AvgIpc) is 2.85. The molecule has 3 saturated carbocycles. The van der Waals surface area contributed by atoms with E-state index in [9.17, 15) is 9.90 Å². The minimum Gasteiger partial charge on any atom is -0.393 e. The van der Waals surface area contributed by atoms with E-state index in [1.54, 1.807) is 5.57 Å². The van der Waals surface area contributed by atoms with Crippen molar-refractivity contribution in [2.24, 2.45) is 34.5 Å². The molecule has 0 spiro atoms. The Morgan fingerprint density at radius 3 is 2.65 bits per heavy atom. The van der Waals surface area contributed by atoms with Gasteiger partial charge in [-0.3, -0.25) is 4.79 Å². The van der Waals surface area contributed by atoms with E-state index in [0.29, 0.717) is 17.1 Å². The maximum Gasteiger partial charge on any atom is 0.133 e. The number of carbonyl (C=O) groups excluding carboxylic acids is 1. The predicted octanol–water partition coefficient (Wildman–Crippen LogP) is 4.52. The van der Waals surface area contributed by atoms with E-state index in [1.165, 1.54) is 25.7 Å². The molecule has 4 rings (SSSR count). The number of aliphatic hydroxyl groups excluding tert-OH is 1. The first-order valence-corrected chi connectivity index (χ1v) is 9.74. The summed E-state index contributed by atoms with van der Waals surface area (Å²) in [7, 11) is 0. The van der Waals surface area contributed by atoms with Crippen LogP contribution in [-0.2, 0) is 4.79 Å². The molecule has 4 aliphatic carbocycles. The molecule has 0 amide bonds. The molecule has 0 aromatic heterocycles. The van der Waals surface area contributed by atoms with Gasteiger partial charge in [-0.2, -0.15) is 0 Å². The van der Waals surface area contributed by atoms with Gasteiger partial charge in [0.15, 0.2) is 0 Å². The van der Waals surface area contributed by atoms with Crippen molar-refractivity contribution in [3.63, 3.8) is 0 Å². The van der Waals surface area contributed by atoms with Crippen LogP contribution in [0.25, 0.3) is 0 Å². The first-order chi connectivity index (χ1) is 10.9. The van der Waals surface area contributed by atoms with Gasteiger partial charge in [0.1, 0.15) is 5.78 Å². The van der Waals surface area contributed by atoms with Crippen LogP contribution in [0.15, 0.2) is 11.6 Å². The van der Waals surface area contributed by atoms with E-state index in [0.717, 1.165) is 43.4 Å². The third-order valence-corrected chi connectivity index (χ3v) is 8.57. The van der Waals surface area contributed by atoms with Gasteiger partial charge < -0.3 is 5.11 Å². The summed E-state index contributed by atoms with van der Waals surface area (Å²) in [5, 5.41) is 10.1. The molecule has 0 saturated heterocycles. The molecule has 0 aromatic rings. The van der Waals surface area contributed by atoms with Crippen LogP contribution in [-0.4, -0.2) is 17.0 Å². The number of fused-ring (bicyclic) bond motifs is 5. The van der Waals surface area contributed by atoms with E-state index in [-0.39, 0.29) is 11.5 Å². The van der Waals surface area contributed by atoms with Gasteiger partial charge in [-0.1, -0.05) is 25.5 Å². The smallest absolute Gasteiger partial charge is 0.133 e. The molecule has 0 heterocycles. The van der Waals surface area contributed by atoms with Crippen LogP contribution >= 0.6 is 0 Å². The van der Waals surface area contributed by atoms with Gasteiger partial charge in [0.05, 0.1) is 6.10 Å². The second-order valence-electron chi connectivity index (χ2n) is 9.44. The minimum absolute atomic E-state index is 0.117. The van der Waals surface area contributed by atoms with Gasteiger partial charge >= 0.3 is 0 Å². The van der Waals surface area contributed by atoms with Gasteiger partial charge in [0.2, 0.25) is 0 Å². The second kappa shape index (κ2) is 5.18. The summed E-state index contributed by atoms with van der Waals surface area (Å²) >= 11 is 0. The Morgan fingerprint density at radius 2 is 1.91 bits per heavy atom. The molecule has 7 atom stereocenters. The molecule has 4 aliphatic rings. The first-order valence-electron chi connectivity index (χ1n) is 9.74. The maximum absolute atomic E-state index is 12.2. The minimum atomic E-state index is -0.117.